The molecule has 22 heavy (non-hydrogen) atoms. The number of rotatable bonds is 6. The first-order valence-electron chi connectivity index (χ1n) is 7.34. The van der Waals surface area contributed by atoms with Gasteiger partial charge in [-0.05, 0) is 43.4 Å². The molecule has 0 amide bonds. The summed E-state index contributed by atoms with van der Waals surface area (Å²) < 4.78 is 16.8. The Morgan fingerprint density at radius 2 is 2.14 bits per heavy atom. The van der Waals surface area contributed by atoms with Gasteiger partial charge in [0.1, 0.15) is 19.0 Å². The SMILES string of the molecule is FCCOCCO/N=C1/C=C(C#Cc2ccccn2)CCC1. The molecule has 0 spiro atoms. The van der Waals surface area contributed by atoms with Gasteiger partial charge < -0.3 is 9.57 Å². The van der Waals surface area contributed by atoms with E-state index in [1.807, 2.05) is 24.3 Å². The summed E-state index contributed by atoms with van der Waals surface area (Å²) in [4.78, 5) is 9.34. The van der Waals surface area contributed by atoms with Gasteiger partial charge in [-0.3, -0.25) is 0 Å². The highest BCUT2D eigenvalue weighted by molar-refractivity contribution is 5.96. The van der Waals surface area contributed by atoms with Crippen molar-refractivity contribution in [1.29, 1.82) is 0 Å². The highest BCUT2D eigenvalue weighted by Gasteiger charge is 2.07. The van der Waals surface area contributed by atoms with Crippen molar-refractivity contribution in [3.8, 4) is 11.8 Å². The second-order valence-electron chi connectivity index (χ2n) is 4.71. The van der Waals surface area contributed by atoms with Crippen molar-refractivity contribution in [2.45, 2.75) is 19.3 Å². The standard InChI is InChI=1S/C17H19FN2O2/c18-9-11-21-12-13-22-20-17-6-3-4-15(14-17)7-8-16-5-1-2-10-19-16/h1-2,5,10,14H,3-4,6,9,11-13H2/b20-17+. The maximum absolute atomic E-state index is 11.8. The van der Waals surface area contributed by atoms with Crippen LogP contribution >= 0.6 is 0 Å². The Balaban J connectivity index is 1.85. The van der Waals surface area contributed by atoms with Crippen LogP contribution in [-0.4, -0.2) is 37.2 Å². The lowest BCUT2D eigenvalue weighted by molar-refractivity contribution is 0.0454. The van der Waals surface area contributed by atoms with E-state index in [-0.39, 0.29) is 6.61 Å². The summed E-state index contributed by atoms with van der Waals surface area (Å²) in [6.45, 7) is 0.297. The van der Waals surface area contributed by atoms with E-state index in [1.165, 1.54) is 0 Å². The summed E-state index contributed by atoms with van der Waals surface area (Å²) in [5.74, 6) is 6.18. The molecule has 0 aliphatic heterocycles. The molecule has 0 saturated heterocycles. The largest absolute Gasteiger partial charge is 0.393 e. The number of pyridine rings is 1. The van der Waals surface area contributed by atoms with Crippen LogP contribution < -0.4 is 0 Å². The lowest BCUT2D eigenvalue weighted by Gasteiger charge is -2.09. The molecule has 5 heteroatoms. The molecular weight excluding hydrogens is 283 g/mol. The van der Waals surface area contributed by atoms with Crippen molar-refractivity contribution in [2.75, 3.05) is 26.5 Å². The zero-order chi connectivity index (χ0) is 15.5. The van der Waals surface area contributed by atoms with Crippen LogP contribution in [0.3, 0.4) is 0 Å². The lowest BCUT2D eigenvalue weighted by atomic mass is 9.98. The van der Waals surface area contributed by atoms with Crippen LogP contribution in [0.2, 0.25) is 0 Å². The maximum atomic E-state index is 11.8. The first-order valence-corrected chi connectivity index (χ1v) is 7.34. The highest BCUT2D eigenvalue weighted by atomic mass is 19.1. The summed E-state index contributed by atoms with van der Waals surface area (Å²) in [7, 11) is 0. The number of aromatic nitrogens is 1. The quantitative estimate of drug-likeness (QED) is 0.461. The van der Waals surface area contributed by atoms with Crippen molar-refractivity contribution in [1.82, 2.24) is 4.98 Å². The molecule has 1 aromatic heterocycles. The second kappa shape index (κ2) is 9.69. The van der Waals surface area contributed by atoms with Gasteiger partial charge in [-0.2, -0.15) is 0 Å². The van der Waals surface area contributed by atoms with Gasteiger partial charge >= 0.3 is 0 Å². The molecule has 0 atom stereocenters. The summed E-state index contributed by atoms with van der Waals surface area (Å²) in [5.41, 5.74) is 2.67. The minimum Gasteiger partial charge on any atom is -0.393 e. The number of halogens is 1. The smallest absolute Gasteiger partial charge is 0.140 e. The molecule has 0 N–H and O–H groups in total. The molecule has 1 aliphatic carbocycles. The molecular formula is C17H19FN2O2. The number of nitrogens with zero attached hydrogens (tertiary/aromatic N) is 2. The zero-order valence-electron chi connectivity index (χ0n) is 12.4. The minimum absolute atomic E-state index is 0.104. The second-order valence-corrected chi connectivity index (χ2v) is 4.71. The van der Waals surface area contributed by atoms with E-state index in [1.54, 1.807) is 6.20 Å². The van der Waals surface area contributed by atoms with Gasteiger partial charge in [0.2, 0.25) is 0 Å². The Hall–Kier alpha value is -2.19. The van der Waals surface area contributed by atoms with E-state index in [2.05, 4.69) is 22.0 Å². The predicted octanol–water partition coefficient (Wildman–Crippen LogP) is 2.90. The summed E-state index contributed by atoms with van der Waals surface area (Å²) >= 11 is 0. The molecule has 0 aromatic carbocycles. The first kappa shape index (κ1) is 16.2. The zero-order valence-corrected chi connectivity index (χ0v) is 12.4. The average Bonchev–Trinajstić information content (AvgIpc) is 2.57. The molecule has 2 rings (SSSR count). The van der Waals surface area contributed by atoms with Crippen LogP contribution in [0, 0.1) is 11.8 Å². The van der Waals surface area contributed by atoms with Gasteiger partial charge in [0.25, 0.3) is 0 Å². The Morgan fingerprint density at radius 1 is 1.18 bits per heavy atom. The van der Waals surface area contributed by atoms with Gasteiger partial charge in [-0.15, -0.1) is 0 Å². The van der Waals surface area contributed by atoms with Gasteiger partial charge in [0.05, 0.1) is 18.9 Å². The van der Waals surface area contributed by atoms with Crippen LogP contribution in [0.15, 0.2) is 41.2 Å². The van der Waals surface area contributed by atoms with E-state index in [4.69, 9.17) is 9.57 Å². The van der Waals surface area contributed by atoms with E-state index < -0.39 is 6.67 Å². The van der Waals surface area contributed by atoms with Crippen LogP contribution in [0.5, 0.6) is 0 Å². The molecule has 0 radical (unpaired) electrons. The number of hydrogen-bond donors (Lipinski definition) is 0. The molecule has 116 valence electrons. The summed E-state index contributed by atoms with van der Waals surface area (Å²) in [5, 5.41) is 4.07. The fourth-order valence-corrected chi connectivity index (χ4v) is 1.94. The molecule has 0 saturated carbocycles. The third kappa shape index (κ3) is 6.06. The molecule has 1 heterocycles. The van der Waals surface area contributed by atoms with Crippen LogP contribution in [-0.2, 0) is 9.57 Å². The van der Waals surface area contributed by atoms with Crippen molar-refractivity contribution >= 4 is 5.71 Å². The number of allylic oxidation sites excluding steroid dienone is 2. The van der Waals surface area contributed by atoms with Gasteiger partial charge in [-0.25, -0.2) is 9.37 Å². The van der Waals surface area contributed by atoms with Crippen molar-refractivity contribution in [3.05, 3.63) is 41.7 Å². The number of oxime groups is 1. The van der Waals surface area contributed by atoms with E-state index in [0.29, 0.717) is 13.2 Å². The van der Waals surface area contributed by atoms with Gasteiger partial charge in [0.15, 0.2) is 0 Å². The Kier molecular flexibility index (Phi) is 7.13. The number of ether oxygens (including phenoxy) is 1. The highest BCUT2D eigenvalue weighted by Crippen LogP contribution is 2.15. The van der Waals surface area contributed by atoms with E-state index >= 15 is 0 Å². The maximum Gasteiger partial charge on any atom is 0.140 e. The molecule has 1 aliphatic rings. The van der Waals surface area contributed by atoms with Gasteiger partial charge in [0, 0.05) is 11.8 Å². The molecule has 0 fully saturated rings. The van der Waals surface area contributed by atoms with E-state index in [9.17, 15) is 4.39 Å². The Bertz CT molecular complexity index is 573. The molecule has 4 nitrogen and oxygen atoms in total. The number of alkyl halides is 1. The fourth-order valence-electron chi connectivity index (χ4n) is 1.94. The monoisotopic (exact) mass is 302 g/mol. The number of hydrogen-bond acceptors (Lipinski definition) is 4. The normalized spacial score (nSPS) is 15.9. The molecule has 1 aromatic rings. The van der Waals surface area contributed by atoms with Crippen LogP contribution in [0.1, 0.15) is 25.0 Å². The topological polar surface area (TPSA) is 43.7 Å². The van der Waals surface area contributed by atoms with Crippen molar-refractivity contribution in [3.63, 3.8) is 0 Å². The van der Waals surface area contributed by atoms with Gasteiger partial charge in [-0.1, -0.05) is 17.1 Å². The minimum atomic E-state index is -0.477. The van der Waals surface area contributed by atoms with Crippen LogP contribution in [0.4, 0.5) is 4.39 Å². The van der Waals surface area contributed by atoms with Crippen LogP contribution in [0.25, 0.3) is 0 Å². The third-order valence-electron chi connectivity index (χ3n) is 2.96. The van der Waals surface area contributed by atoms with E-state index in [0.717, 1.165) is 36.2 Å². The molecule has 0 unspecified atom stereocenters. The Morgan fingerprint density at radius 3 is 2.95 bits per heavy atom. The third-order valence-corrected chi connectivity index (χ3v) is 2.96. The molecule has 0 bridgehead atoms. The fraction of sp³-hybridized carbons (Fsp3) is 0.412. The van der Waals surface area contributed by atoms with Crippen molar-refractivity contribution in [2.24, 2.45) is 5.16 Å². The summed E-state index contributed by atoms with van der Waals surface area (Å²) in [6, 6.07) is 5.66. The Labute approximate surface area is 130 Å². The predicted molar refractivity (Wildman–Crippen MR) is 83.2 cm³/mol. The summed E-state index contributed by atoms with van der Waals surface area (Å²) in [6.07, 6.45) is 6.51. The average molecular weight is 302 g/mol. The van der Waals surface area contributed by atoms with Crippen molar-refractivity contribution < 1.29 is 14.0 Å². The first-order chi connectivity index (χ1) is 10.9. The lowest BCUT2D eigenvalue weighted by Crippen LogP contribution is -2.07.